The lowest BCUT2D eigenvalue weighted by molar-refractivity contribution is -0.0250. The Morgan fingerprint density at radius 1 is 0.622 bits per heavy atom. The van der Waals surface area contributed by atoms with Gasteiger partial charge in [-0.25, -0.2) is 0 Å². The zero-order chi connectivity index (χ0) is 27.3. The van der Waals surface area contributed by atoms with Crippen LogP contribution in [0.2, 0.25) is 0 Å². The first-order chi connectivity index (χ1) is 17.1. The third kappa shape index (κ3) is 11.2. The van der Waals surface area contributed by atoms with Crippen LogP contribution < -0.4 is 20.1 Å². The van der Waals surface area contributed by atoms with Gasteiger partial charge in [0.1, 0.15) is 11.5 Å². The molecular weight excluding hydrogens is 579 g/mol. The molecule has 2 N–H and O–H groups in total. The topological polar surface area (TPSA) is 61.0 Å². The standard InChI is InChI=1S/C30H51IN2O4/c1-27(2)18-25(19-28(3,4)32-27)36-13-9-11-34-23-15-22(31)16-24(17-23)35-12-10-14-37-26-20-29(5,6)33-30(7,8)21-26/h15-17,25-26,32-33H,9-14,18-21H2,1-8H3. The zero-order valence-corrected chi connectivity index (χ0v) is 26.6. The highest BCUT2D eigenvalue weighted by atomic mass is 127. The minimum absolute atomic E-state index is 0.105. The molecule has 0 radical (unpaired) electrons. The molecule has 212 valence electrons. The van der Waals surface area contributed by atoms with Crippen LogP contribution in [0.25, 0.3) is 0 Å². The first-order valence-corrected chi connectivity index (χ1v) is 15.1. The van der Waals surface area contributed by atoms with Crippen LogP contribution in [-0.2, 0) is 9.47 Å². The van der Waals surface area contributed by atoms with E-state index in [1.165, 1.54) is 0 Å². The van der Waals surface area contributed by atoms with Crippen molar-refractivity contribution in [3.05, 3.63) is 21.8 Å². The second-order valence-corrected chi connectivity index (χ2v) is 14.9. The maximum atomic E-state index is 6.22. The molecule has 0 atom stereocenters. The summed E-state index contributed by atoms with van der Waals surface area (Å²) in [5.74, 6) is 1.70. The summed E-state index contributed by atoms with van der Waals surface area (Å²) in [4.78, 5) is 0. The van der Waals surface area contributed by atoms with Gasteiger partial charge in [-0.15, -0.1) is 0 Å². The monoisotopic (exact) mass is 630 g/mol. The minimum Gasteiger partial charge on any atom is -0.493 e. The Morgan fingerprint density at radius 3 is 1.32 bits per heavy atom. The number of rotatable bonds is 12. The van der Waals surface area contributed by atoms with E-state index in [1.54, 1.807) is 0 Å². The summed E-state index contributed by atoms with van der Waals surface area (Å²) in [6.07, 6.45) is 6.46. The van der Waals surface area contributed by atoms with E-state index in [-0.39, 0.29) is 22.2 Å². The van der Waals surface area contributed by atoms with E-state index in [1.807, 2.05) is 6.07 Å². The normalized spacial score (nSPS) is 23.1. The van der Waals surface area contributed by atoms with Crippen molar-refractivity contribution in [3.63, 3.8) is 0 Å². The van der Waals surface area contributed by atoms with Crippen LogP contribution in [0.4, 0.5) is 0 Å². The Kier molecular flexibility index (Phi) is 10.6. The Hall–Kier alpha value is -0.610. The molecule has 0 aromatic heterocycles. The molecule has 2 aliphatic heterocycles. The average Bonchev–Trinajstić information content (AvgIpc) is 2.68. The summed E-state index contributed by atoms with van der Waals surface area (Å²) in [5.41, 5.74) is 0.418. The highest BCUT2D eigenvalue weighted by molar-refractivity contribution is 14.1. The van der Waals surface area contributed by atoms with Crippen molar-refractivity contribution in [1.82, 2.24) is 10.6 Å². The van der Waals surface area contributed by atoms with Gasteiger partial charge in [0.2, 0.25) is 0 Å². The third-order valence-electron chi connectivity index (χ3n) is 6.97. The van der Waals surface area contributed by atoms with Crippen LogP contribution in [0.1, 0.15) is 93.9 Å². The van der Waals surface area contributed by atoms with Crippen molar-refractivity contribution >= 4 is 22.6 Å². The molecule has 0 amide bonds. The minimum atomic E-state index is 0.105. The Labute approximate surface area is 239 Å². The van der Waals surface area contributed by atoms with Crippen LogP contribution in [0, 0.1) is 3.57 Å². The lowest BCUT2D eigenvalue weighted by Gasteiger charge is -2.46. The van der Waals surface area contributed by atoms with E-state index < -0.39 is 0 Å². The van der Waals surface area contributed by atoms with Gasteiger partial charge in [0.15, 0.2) is 0 Å². The Morgan fingerprint density at radius 2 is 0.973 bits per heavy atom. The van der Waals surface area contributed by atoms with Gasteiger partial charge in [-0.05, 0) is 116 Å². The van der Waals surface area contributed by atoms with Crippen molar-refractivity contribution in [3.8, 4) is 11.5 Å². The molecule has 7 heteroatoms. The maximum Gasteiger partial charge on any atom is 0.124 e. The van der Waals surface area contributed by atoms with Crippen molar-refractivity contribution in [2.45, 2.75) is 128 Å². The highest BCUT2D eigenvalue weighted by Gasteiger charge is 2.39. The molecule has 2 fully saturated rings. The first kappa shape index (κ1) is 30.9. The van der Waals surface area contributed by atoms with Crippen molar-refractivity contribution in [2.75, 3.05) is 26.4 Å². The van der Waals surface area contributed by atoms with E-state index in [2.05, 4.69) is 101 Å². The van der Waals surface area contributed by atoms with Crippen molar-refractivity contribution in [1.29, 1.82) is 0 Å². The Bertz CT molecular complexity index is 773. The second-order valence-electron chi connectivity index (χ2n) is 13.6. The maximum absolute atomic E-state index is 6.22. The molecule has 0 unspecified atom stereocenters. The van der Waals surface area contributed by atoms with E-state index in [4.69, 9.17) is 18.9 Å². The van der Waals surface area contributed by atoms with E-state index >= 15 is 0 Å². The first-order valence-electron chi connectivity index (χ1n) is 14.0. The van der Waals surface area contributed by atoms with Gasteiger partial charge in [0.05, 0.1) is 38.6 Å². The lowest BCUT2D eigenvalue weighted by atomic mass is 9.81. The molecular formula is C30H51IN2O4. The smallest absolute Gasteiger partial charge is 0.124 e. The fourth-order valence-corrected chi connectivity index (χ4v) is 7.01. The number of hydrogen-bond donors (Lipinski definition) is 2. The van der Waals surface area contributed by atoms with Gasteiger partial charge in [0, 0.05) is 44.6 Å². The fraction of sp³-hybridized carbons (Fsp3) is 0.800. The summed E-state index contributed by atoms with van der Waals surface area (Å²) in [6.45, 7) is 20.8. The van der Waals surface area contributed by atoms with Crippen molar-refractivity contribution < 1.29 is 18.9 Å². The van der Waals surface area contributed by atoms with Gasteiger partial charge >= 0.3 is 0 Å². The molecule has 3 rings (SSSR count). The van der Waals surface area contributed by atoms with Crippen LogP contribution in [0.3, 0.4) is 0 Å². The predicted molar refractivity (Wildman–Crippen MR) is 160 cm³/mol. The summed E-state index contributed by atoms with van der Waals surface area (Å²) in [6, 6.07) is 6.09. The van der Waals surface area contributed by atoms with E-state index in [9.17, 15) is 0 Å². The molecule has 2 saturated heterocycles. The second kappa shape index (κ2) is 12.7. The van der Waals surface area contributed by atoms with Gasteiger partial charge in [-0.2, -0.15) is 0 Å². The molecule has 1 aromatic rings. The molecule has 1 aromatic carbocycles. The molecule has 0 aliphatic carbocycles. The number of nitrogens with one attached hydrogen (secondary N) is 2. The van der Waals surface area contributed by atoms with Gasteiger partial charge < -0.3 is 29.6 Å². The van der Waals surface area contributed by atoms with Crippen LogP contribution in [0.5, 0.6) is 11.5 Å². The number of benzene rings is 1. The fourth-order valence-electron chi connectivity index (χ4n) is 6.39. The van der Waals surface area contributed by atoms with E-state index in [0.29, 0.717) is 25.4 Å². The lowest BCUT2D eigenvalue weighted by Crippen LogP contribution is -2.59. The van der Waals surface area contributed by atoms with Crippen LogP contribution in [0.15, 0.2) is 18.2 Å². The molecule has 2 heterocycles. The van der Waals surface area contributed by atoms with Gasteiger partial charge in [-0.3, -0.25) is 0 Å². The molecule has 6 nitrogen and oxygen atoms in total. The van der Waals surface area contributed by atoms with E-state index in [0.717, 1.165) is 66.8 Å². The summed E-state index contributed by atoms with van der Waals surface area (Å²) in [7, 11) is 0. The SMILES string of the molecule is CC1(C)CC(OCCCOc2cc(I)cc(OCCCOC3CC(C)(C)NC(C)(C)C3)c2)CC(C)(C)N1. The number of piperidine rings is 2. The summed E-state index contributed by atoms with van der Waals surface area (Å²) in [5, 5.41) is 7.42. The number of hydrogen-bond acceptors (Lipinski definition) is 6. The number of ether oxygens (including phenoxy) is 4. The molecule has 0 spiro atoms. The van der Waals surface area contributed by atoms with Crippen molar-refractivity contribution in [2.24, 2.45) is 0 Å². The average molecular weight is 631 g/mol. The quantitative estimate of drug-likeness (QED) is 0.204. The predicted octanol–water partition coefficient (Wildman–Crippen LogP) is 6.48. The largest absolute Gasteiger partial charge is 0.493 e. The van der Waals surface area contributed by atoms with Crippen LogP contribution in [-0.4, -0.2) is 60.8 Å². The summed E-state index contributed by atoms with van der Waals surface area (Å²) >= 11 is 2.32. The summed E-state index contributed by atoms with van der Waals surface area (Å²) < 4.78 is 25.6. The van der Waals surface area contributed by atoms with Crippen LogP contribution >= 0.6 is 22.6 Å². The Balaban J connectivity index is 1.34. The molecule has 2 aliphatic rings. The van der Waals surface area contributed by atoms with Gasteiger partial charge in [-0.1, -0.05) is 0 Å². The third-order valence-corrected chi connectivity index (χ3v) is 7.60. The molecule has 0 bridgehead atoms. The van der Waals surface area contributed by atoms with Gasteiger partial charge in [0.25, 0.3) is 0 Å². The number of halogens is 1. The molecule has 0 saturated carbocycles. The zero-order valence-electron chi connectivity index (χ0n) is 24.5. The highest BCUT2D eigenvalue weighted by Crippen LogP contribution is 2.31. The molecule has 37 heavy (non-hydrogen) atoms.